The Bertz CT molecular complexity index is 150. The molecule has 0 heterocycles. The third-order valence-electron chi connectivity index (χ3n) is 0.894. The van der Waals surface area contributed by atoms with Crippen molar-refractivity contribution in [1.82, 2.24) is 5.32 Å². The summed E-state index contributed by atoms with van der Waals surface area (Å²) in [7, 11) is 0. The van der Waals surface area contributed by atoms with Crippen molar-refractivity contribution in [3.05, 3.63) is 11.8 Å². The van der Waals surface area contributed by atoms with E-state index in [-0.39, 0.29) is 5.91 Å². The van der Waals surface area contributed by atoms with Gasteiger partial charge in [-0.05, 0) is 20.8 Å². The minimum Gasteiger partial charge on any atom is -0.386 e. The average Bonchev–Trinajstić information content (AvgIpc) is 1.58. The number of amides is 1. The molecule has 0 aromatic heterocycles. The van der Waals surface area contributed by atoms with Crippen LogP contribution in [-0.4, -0.2) is 11.9 Å². The van der Waals surface area contributed by atoms with Gasteiger partial charge in [0, 0.05) is 11.7 Å². The molecular weight excluding hydrogens is 128 g/mol. The van der Waals surface area contributed by atoms with E-state index in [1.54, 1.807) is 0 Å². The summed E-state index contributed by atoms with van der Waals surface area (Å²) in [6.45, 7) is 5.89. The number of carbonyl (C=O) groups excluding carboxylic acids is 1. The van der Waals surface area contributed by atoms with E-state index in [0.29, 0.717) is 6.04 Å². The highest BCUT2D eigenvalue weighted by Gasteiger charge is 1.95. The smallest absolute Gasteiger partial charge is 0.335 e. The summed E-state index contributed by atoms with van der Waals surface area (Å²) in [5.41, 5.74) is 4.10. The van der Waals surface area contributed by atoms with Crippen molar-refractivity contribution in [2.24, 2.45) is 0 Å². The molecule has 0 aliphatic carbocycles. The van der Waals surface area contributed by atoms with E-state index in [4.69, 9.17) is 0 Å². The van der Waals surface area contributed by atoms with Crippen LogP contribution in [0.3, 0.4) is 0 Å². The summed E-state index contributed by atoms with van der Waals surface area (Å²) < 4.78 is 0. The molecule has 0 aromatic carbocycles. The molecule has 1 amide bonds. The van der Waals surface area contributed by atoms with Crippen molar-refractivity contribution >= 4 is 5.91 Å². The van der Waals surface area contributed by atoms with Crippen LogP contribution in [0.15, 0.2) is 11.8 Å². The molecule has 0 atom stereocenters. The second-order valence-corrected chi connectivity index (χ2v) is 2.59. The quantitative estimate of drug-likeness (QED) is 0.531. The SMILES string of the molecule is C/C(=C/C([NH3+])=O)NC(C)C. The van der Waals surface area contributed by atoms with Gasteiger partial charge in [-0.2, -0.15) is 0 Å². The standard InChI is InChI=1S/C7H14N2O/c1-5(2)9-6(3)4-7(8)10/h4-5,9H,1-3H3,(H2,8,10)/p+1/b6-4-. The molecule has 0 aliphatic heterocycles. The normalized spacial score (nSPS) is 11.9. The van der Waals surface area contributed by atoms with Gasteiger partial charge in [-0.25, -0.2) is 4.79 Å². The zero-order valence-corrected chi connectivity index (χ0v) is 6.77. The van der Waals surface area contributed by atoms with Gasteiger partial charge in [0.25, 0.3) is 0 Å². The van der Waals surface area contributed by atoms with Crippen LogP contribution in [0.2, 0.25) is 0 Å². The van der Waals surface area contributed by atoms with Gasteiger partial charge in [0.2, 0.25) is 0 Å². The summed E-state index contributed by atoms with van der Waals surface area (Å²) in [5.74, 6) is -0.161. The Hall–Kier alpha value is -0.830. The summed E-state index contributed by atoms with van der Waals surface area (Å²) >= 11 is 0. The summed E-state index contributed by atoms with van der Waals surface area (Å²) in [5, 5.41) is 3.07. The highest BCUT2D eigenvalue weighted by molar-refractivity contribution is 5.78. The van der Waals surface area contributed by atoms with E-state index in [0.717, 1.165) is 5.70 Å². The van der Waals surface area contributed by atoms with Gasteiger partial charge in [-0.1, -0.05) is 0 Å². The molecule has 0 rings (SSSR count). The van der Waals surface area contributed by atoms with Crippen LogP contribution < -0.4 is 11.1 Å². The van der Waals surface area contributed by atoms with Crippen LogP contribution in [0.1, 0.15) is 20.8 Å². The van der Waals surface area contributed by atoms with Crippen molar-refractivity contribution in [2.75, 3.05) is 0 Å². The lowest BCUT2D eigenvalue weighted by Crippen LogP contribution is -2.56. The maximum atomic E-state index is 10.4. The van der Waals surface area contributed by atoms with Gasteiger partial charge < -0.3 is 5.32 Å². The second-order valence-electron chi connectivity index (χ2n) is 2.59. The first-order valence-electron chi connectivity index (χ1n) is 3.33. The fourth-order valence-electron chi connectivity index (χ4n) is 0.738. The number of hydrogen-bond donors (Lipinski definition) is 2. The molecule has 0 aromatic rings. The molecule has 58 valence electrons. The zero-order chi connectivity index (χ0) is 8.15. The van der Waals surface area contributed by atoms with Gasteiger partial charge in [0.15, 0.2) is 0 Å². The molecule has 0 bridgehead atoms. The predicted octanol–water partition coefficient (Wildman–Crippen LogP) is -0.343. The summed E-state index contributed by atoms with van der Waals surface area (Å²) in [4.78, 5) is 10.4. The molecule has 3 heteroatoms. The van der Waals surface area contributed by atoms with E-state index in [2.05, 4.69) is 11.1 Å². The number of allylic oxidation sites excluding steroid dienone is 1. The van der Waals surface area contributed by atoms with Gasteiger partial charge in [0.05, 0.1) is 6.08 Å². The Balaban J connectivity index is 3.83. The highest BCUT2D eigenvalue weighted by atomic mass is 16.1. The zero-order valence-electron chi connectivity index (χ0n) is 6.77. The largest absolute Gasteiger partial charge is 0.386 e. The van der Waals surface area contributed by atoms with E-state index >= 15 is 0 Å². The molecule has 0 radical (unpaired) electrons. The van der Waals surface area contributed by atoms with Crippen LogP contribution in [0, 0.1) is 0 Å². The molecule has 0 fully saturated rings. The third-order valence-corrected chi connectivity index (χ3v) is 0.894. The fraction of sp³-hybridized carbons (Fsp3) is 0.571. The van der Waals surface area contributed by atoms with Crippen LogP contribution >= 0.6 is 0 Å². The Labute approximate surface area is 61.3 Å². The molecule has 3 nitrogen and oxygen atoms in total. The number of rotatable bonds is 3. The molecule has 0 aliphatic rings. The first kappa shape index (κ1) is 9.17. The van der Waals surface area contributed by atoms with Crippen LogP contribution in [-0.2, 0) is 4.79 Å². The minimum absolute atomic E-state index is 0.161. The first-order valence-corrected chi connectivity index (χ1v) is 3.33. The molecule has 10 heavy (non-hydrogen) atoms. The van der Waals surface area contributed by atoms with E-state index < -0.39 is 0 Å². The van der Waals surface area contributed by atoms with Crippen LogP contribution in [0.4, 0.5) is 0 Å². The van der Waals surface area contributed by atoms with Crippen molar-refractivity contribution in [1.29, 1.82) is 0 Å². The molecule has 0 unspecified atom stereocenters. The number of hydrogen-bond acceptors (Lipinski definition) is 2. The topological polar surface area (TPSA) is 56.7 Å². The van der Waals surface area contributed by atoms with E-state index in [1.165, 1.54) is 6.08 Å². The number of quaternary nitrogens is 1. The van der Waals surface area contributed by atoms with Crippen molar-refractivity contribution in [3.8, 4) is 0 Å². The van der Waals surface area contributed by atoms with Crippen LogP contribution in [0.5, 0.6) is 0 Å². The maximum Gasteiger partial charge on any atom is 0.335 e. The van der Waals surface area contributed by atoms with Gasteiger partial charge in [-0.15, -0.1) is 0 Å². The van der Waals surface area contributed by atoms with Gasteiger partial charge in [0.1, 0.15) is 0 Å². The highest BCUT2D eigenvalue weighted by Crippen LogP contribution is 1.87. The monoisotopic (exact) mass is 143 g/mol. The predicted molar refractivity (Wildman–Crippen MR) is 39.9 cm³/mol. The van der Waals surface area contributed by atoms with E-state index in [9.17, 15) is 4.79 Å². The average molecular weight is 143 g/mol. The second kappa shape index (κ2) is 4.06. The lowest BCUT2D eigenvalue weighted by molar-refractivity contribution is -0.297. The van der Waals surface area contributed by atoms with Crippen molar-refractivity contribution < 1.29 is 10.5 Å². The Kier molecular flexibility index (Phi) is 3.72. The Morgan fingerprint density at radius 3 is 2.40 bits per heavy atom. The van der Waals surface area contributed by atoms with Gasteiger partial charge >= 0.3 is 5.91 Å². The Morgan fingerprint density at radius 2 is 2.10 bits per heavy atom. The molecular formula is C7H15N2O+. The maximum absolute atomic E-state index is 10.4. The minimum atomic E-state index is -0.161. The number of carbonyl (C=O) groups is 1. The molecule has 0 saturated carbocycles. The molecule has 0 spiro atoms. The number of nitrogens with one attached hydrogen (secondary N) is 1. The van der Waals surface area contributed by atoms with E-state index in [1.807, 2.05) is 20.8 Å². The molecule has 4 N–H and O–H groups in total. The van der Waals surface area contributed by atoms with Crippen molar-refractivity contribution in [2.45, 2.75) is 26.8 Å². The first-order chi connectivity index (χ1) is 4.52. The molecule has 0 saturated heterocycles. The summed E-state index contributed by atoms with van der Waals surface area (Å²) in [6, 6.07) is 0.371. The summed E-state index contributed by atoms with van der Waals surface area (Å²) in [6.07, 6.45) is 1.49. The Morgan fingerprint density at radius 1 is 1.60 bits per heavy atom. The third kappa shape index (κ3) is 5.31. The van der Waals surface area contributed by atoms with Gasteiger partial charge in [-0.3, -0.25) is 5.73 Å². The van der Waals surface area contributed by atoms with Crippen LogP contribution in [0.25, 0.3) is 0 Å². The lowest BCUT2D eigenvalue weighted by Gasteiger charge is -2.07. The fourth-order valence-corrected chi connectivity index (χ4v) is 0.738. The van der Waals surface area contributed by atoms with Crippen molar-refractivity contribution in [3.63, 3.8) is 0 Å². The lowest BCUT2D eigenvalue weighted by atomic mass is 10.3.